The summed E-state index contributed by atoms with van der Waals surface area (Å²) < 4.78 is 0. The van der Waals surface area contributed by atoms with E-state index in [1.54, 1.807) is 10.8 Å². The Labute approximate surface area is 174 Å². The van der Waals surface area contributed by atoms with Gasteiger partial charge in [-0.1, -0.05) is 55.6 Å². The molecule has 0 amide bonds. The third-order valence-corrected chi connectivity index (χ3v) is 7.40. The molecule has 0 radical (unpaired) electrons. The summed E-state index contributed by atoms with van der Waals surface area (Å²) in [6.07, 6.45) is 1.09. The Bertz CT molecular complexity index is 696. The molecule has 3 rings (SSSR count). The van der Waals surface area contributed by atoms with Crippen molar-refractivity contribution in [3.8, 4) is 11.1 Å². The van der Waals surface area contributed by atoms with Crippen molar-refractivity contribution < 1.29 is 21.7 Å². The van der Waals surface area contributed by atoms with Crippen LogP contribution in [0.4, 0.5) is 0 Å². The molecule has 0 aromatic heterocycles. The zero-order chi connectivity index (χ0) is 15.3. The molecule has 2 aromatic rings. The molecule has 0 unspecified atom stereocenters. The summed E-state index contributed by atoms with van der Waals surface area (Å²) in [6.45, 7) is 11.6. The number of hydrogen-bond acceptors (Lipinski definition) is 1. The largest absolute Gasteiger partial charge is 0.329 e. The SMILES string of the molecule is CC(C)(C)N[Si](C)(C)c1cccc2c1Cc1ccccc1-2.Cl.Cl.[Ti]. The molecule has 5 heteroatoms. The fourth-order valence-corrected chi connectivity index (χ4v) is 7.25. The van der Waals surface area contributed by atoms with Gasteiger partial charge in [-0.25, -0.2) is 0 Å². The van der Waals surface area contributed by atoms with Gasteiger partial charge in [0, 0.05) is 27.3 Å². The normalized spacial score (nSPS) is 12.2. The molecule has 0 saturated heterocycles. The van der Waals surface area contributed by atoms with Crippen LogP contribution in [0.15, 0.2) is 42.5 Å². The molecule has 0 bridgehead atoms. The van der Waals surface area contributed by atoms with E-state index in [0.717, 1.165) is 6.42 Å². The first-order chi connectivity index (χ1) is 9.78. The Kier molecular flexibility index (Phi) is 8.50. The molecule has 0 aliphatic heterocycles. The van der Waals surface area contributed by atoms with Crippen LogP contribution in [-0.4, -0.2) is 13.8 Å². The van der Waals surface area contributed by atoms with Gasteiger partial charge in [0.2, 0.25) is 0 Å². The molecule has 0 saturated carbocycles. The van der Waals surface area contributed by atoms with E-state index in [4.69, 9.17) is 0 Å². The van der Waals surface area contributed by atoms with Gasteiger partial charge < -0.3 is 4.98 Å². The van der Waals surface area contributed by atoms with Crippen molar-refractivity contribution in [1.29, 1.82) is 0 Å². The molecule has 1 aliphatic carbocycles. The molecule has 1 nitrogen and oxygen atoms in total. The van der Waals surface area contributed by atoms with E-state index in [1.807, 2.05) is 0 Å². The van der Waals surface area contributed by atoms with Gasteiger partial charge in [-0.3, -0.25) is 0 Å². The summed E-state index contributed by atoms with van der Waals surface area (Å²) in [5.74, 6) is 0. The van der Waals surface area contributed by atoms with Gasteiger partial charge in [0.15, 0.2) is 8.24 Å². The average Bonchev–Trinajstić information content (AvgIpc) is 2.74. The number of fused-ring (bicyclic) bond motifs is 3. The van der Waals surface area contributed by atoms with E-state index >= 15 is 0 Å². The molecule has 130 valence electrons. The van der Waals surface area contributed by atoms with Crippen LogP contribution in [0.3, 0.4) is 0 Å². The molecule has 0 atom stereocenters. The molecule has 0 fully saturated rings. The monoisotopic (exact) mass is 415 g/mol. The number of hydrogen-bond donors (Lipinski definition) is 1. The van der Waals surface area contributed by atoms with Gasteiger partial charge in [-0.15, -0.1) is 24.8 Å². The van der Waals surface area contributed by atoms with Crippen molar-refractivity contribution in [3.63, 3.8) is 0 Å². The summed E-state index contributed by atoms with van der Waals surface area (Å²) in [6, 6.07) is 15.7. The van der Waals surface area contributed by atoms with Crippen LogP contribution < -0.4 is 10.2 Å². The first kappa shape index (κ1) is 23.9. The predicted octanol–water partition coefficient (Wildman–Crippen LogP) is 4.90. The zero-order valence-electron chi connectivity index (χ0n) is 15.1. The zero-order valence-corrected chi connectivity index (χ0v) is 19.3. The molecular formula is C19H27Cl2NSiTi. The summed E-state index contributed by atoms with van der Waals surface area (Å²) in [5, 5.41) is 1.56. The van der Waals surface area contributed by atoms with Crippen LogP contribution in [-0.2, 0) is 28.1 Å². The summed E-state index contributed by atoms with van der Waals surface area (Å²) in [5.41, 5.74) is 6.05. The molecule has 1 N–H and O–H groups in total. The van der Waals surface area contributed by atoms with Crippen molar-refractivity contribution in [3.05, 3.63) is 53.6 Å². The van der Waals surface area contributed by atoms with E-state index in [1.165, 1.54) is 16.7 Å². The van der Waals surface area contributed by atoms with Crippen molar-refractivity contribution in [1.82, 2.24) is 4.98 Å². The smallest absolute Gasteiger partial charge is 0.152 e. The minimum atomic E-state index is -1.66. The Hall–Kier alpha value is -0.0888. The van der Waals surface area contributed by atoms with Gasteiger partial charge >= 0.3 is 0 Å². The van der Waals surface area contributed by atoms with E-state index < -0.39 is 8.24 Å². The summed E-state index contributed by atoms with van der Waals surface area (Å²) >= 11 is 0. The van der Waals surface area contributed by atoms with Crippen LogP contribution in [0.5, 0.6) is 0 Å². The van der Waals surface area contributed by atoms with E-state index in [0.29, 0.717) is 0 Å². The Balaban J connectivity index is 0.00000176. The molecule has 0 spiro atoms. The maximum Gasteiger partial charge on any atom is 0.152 e. The van der Waals surface area contributed by atoms with Gasteiger partial charge in [-0.05, 0) is 54.6 Å². The molecule has 1 aliphatic rings. The Morgan fingerprint density at radius 2 is 1.46 bits per heavy atom. The Morgan fingerprint density at radius 1 is 0.875 bits per heavy atom. The molecule has 24 heavy (non-hydrogen) atoms. The third kappa shape index (κ3) is 4.75. The van der Waals surface area contributed by atoms with Gasteiger partial charge in [0.25, 0.3) is 0 Å². The van der Waals surface area contributed by atoms with Crippen LogP contribution in [0, 0.1) is 0 Å². The minimum absolute atomic E-state index is 0. The number of nitrogens with one attached hydrogen (secondary N) is 1. The predicted molar refractivity (Wildman–Crippen MR) is 109 cm³/mol. The van der Waals surface area contributed by atoms with E-state index in [9.17, 15) is 0 Å². The summed E-state index contributed by atoms with van der Waals surface area (Å²) in [7, 11) is -1.66. The number of halogens is 2. The first-order valence-electron chi connectivity index (χ1n) is 7.78. The van der Waals surface area contributed by atoms with Crippen molar-refractivity contribution >= 4 is 38.2 Å². The van der Waals surface area contributed by atoms with Crippen LogP contribution in [0.2, 0.25) is 13.1 Å². The second kappa shape index (κ2) is 8.53. The van der Waals surface area contributed by atoms with Gasteiger partial charge in [-0.2, -0.15) is 0 Å². The second-order valence-corrected chi connectivity index (χ2v) is 11.7. The summed E-state index contributed by atoms with van der Waals surface area (Å²) in [4.78, 5) is 3.91. The quantitative estimate of drug-likeness (QED) is 0.587. The first-order valence-corrected chi connectivity index (χ1v) is 10.8. The standard InChI is InChI=1S/C19H25NSi.2ClH.Ti/c1-19(2,3)20-21(4,5)18-12-8-11-16-15-10-7-6-9-14(15)13-17(16)18;;;/h6-12,20H,13H2,1-5H3;2*1H;. The van der Waals surface area contributed by atoms with Gasteiger partial charge in [0.1, 0.15) is 0 Å². The van der Waals surface area contributed by atoms with E-state index in [2.05, 4.69) is 81.3 Å². The molecule has 0 heterocycles. The number of benzene rings is 2. The topological polar surface area (TPSA) is 12.0 Å². The third-order valence-electron chi connectivity index (χ3n) is 4.21. The number of rotatable bonds is 2. The van der Waals surface area contributed by atoms with Crippen LogP contribution in [0.1, 0.15) is 31.9 Å². The molecule has 2 aromatic carbocycles. The fourth-order valence-electron chi connectivity index (χ4n) is 3.75. The minimum Gasteiger partial charge on any atom is -0.329 e. The van der Waals surface area contributed by atoms with Crippen molar-refractivity contribution in [2.75, 3.05) is 0 Å². The fraction of sp³-hybridized carbons (Fsp3) is 0.368. The Morgan fingerprint density at radius 3 is 2.08 bits per heavy atom. The molecular weight excluding hydrogens is 389 g/mol. The second-order valence-electron chi connectivity index (χ2n) is 7.67. The van der Waals surface area contributed by atoms with Crippen LogP contribution >= 0.6 is 24.8 Å². The van der Waals surface area contributed by atoms with Gasteiger partial charge in [0.05, 0.1) is 0 Å². The van der Waals surface area contributed by atoms with E-state index in [-0.39, 0.29) is 52.1 Å². The maximum absolute atomic E-state index is 3.91. The van der Waals surface area contributed by atoms with Crippen molar-refractivity contribution in [2.45, 2.75) is 45.8 Å². The maximum atomic E-state index is 3.91. The average molecular weight is 416 g/mol. The van der Waals surface area contributed by atoms with Crippen LogP contribution in [0.25, 0.3) is 11.1 Å². The van der Waals surface area contributed by atoms with Crippen molar-refractivity contribution in [2.24, 2.45) is 0 Å².